The first-order valence-electron chi connectivity index (χ1n) is 7.31. The molecule has 122 valence electrons. The Labute approximate surface area is 138 Å². The van der Waals surface area contributed by atoms with Crippen molar-refractivity contribution in [1.82, 2.24) is 0 Å². The van der Waals surface area contributed by atoms with E-state index in [4.69, 9.17) is 22.9 Å². The molecule has 0 amide bonds. The molecule has 24 heavy (non-hydrogen) atoms. The van der Waals surface area contributed by atoms with Crippen molar-refractivity contribution in [3.05, 3.63) is 47.0 Å². The molecule has 0 saturated heterocycles. The van der Waals surface area contributed by atoms with Gasteiger partial charge in [0.25, 0.3) is 0 Å². The molecule has 0 radical (unpaired) electrons. The van der Waals surface area contributed by atoms with Gasteiger partial charge in [0.05, 0.1) is 5.71 Å². The molecular formula is C16H18N8. The minimum absolute atomic E-state index is 0.124. The number of nitrogens with two attached hydrogens (primary N) is 4. The van der Waals surface area contributed by atoms with Crippen LogP contribution < -0.4 is 22.9 Å². The molecular weight excluding hydrogens is 304 g/mol. The lowest BCUT2D eigenvalue weighted by molar-refractivity contribution is 1.18. The fraction of sp³-hybridized carbons (Fsp3) is 0.125. The summed E-state index contributed by atoms with van der Waals surface area (Å²) in [5, 5.41) is 18.0. The molecule has 0 bridgehead atoms. The van der Waals surface area contributed by atoms with Crippen LogP contribution in [0.25, 0.3) is 10.8 Å². The number of rotatable bonds is 2. The average molecular weight is 322 g/mol. The van der Waals surface area contributed by atoms with Crippen LogP contribution in [-0.2, 0) is 6.42 Å². The number of guanidine groups is 2. The smallest absolute Gasteiger partial charge is 0.211 e. The molecule has 0 unspecified atom stereocenters. The van der Waals surface area contributed by atoms with Crippen molar-refractivity contribution in [1.29, 1.82) is 0 Å². The van der Waals surface area contributed by atoms with Crippen LogP contribution in [0.4, 0.5) is 0 Å². The van der Waals surface area contributed by atoms with Crippen molar-refractivity contribution in [2.75, 3.05) is 0 Å². The van der Waals surface area contributed by atoms with Crippen LogP contribution in [0.2, 0.25) is 0 Å². The van der Waals surface area contributed by atoms with Crippen LogP contribution in [0.5, 0.6) is 0 Å². The van der Waals surface area contributed by atoms with Crippen molar-refractivity contribution in [3.63, 3.8) is 0 Å². The average Bonchev–Trinajstić information content (AvgIpc) is 2.88. The van der Waals surface area contributed by atoms with Crippen LogP contribution in [0.3, 0.4) is 0 Å². The zero-order chi connectivity index (χ0) is 17.3. The van der Waals surface area contributed by atoms with E-state index in [0.29, 0.717) is 17.8 Å². The Hall–Kier alpha value is -3.42. The second-order valence-electron chi connectivity index (χ2n) is 5.49. The third kappa shape index (κ3) is 2.76. The van der Waals surface area contributed by atoms with Gasteiger partial charge in [-0.1, -0.05) is 30.3 Å². The Balaban J connectivity index is 2.29. The Kier molecular flexibility index (Phi) is 3.87. The highest BCUT2D eigenvalue weighted by molar-refractivity contribution is 6.53. The Morgan fingerprint density at radius 3 is 2.21 bits per heavy atom. The van der Waals surface area contributed by atoms with Crippen molar-refractivity contribution >= 4 is 34.1 Å². The normalized spacial score (nSPS) is 16.4. The lowest BCUT2D eigenvalue weighted by Crippen LogP contribution is -2.23. The van der Waals surface area contributed by atoms with E-state index in [1.165, 1.54) is 5.56 Å². The molecule has 0 aromatic heterocycles. The second kappa shape index (κ2) is 5.99. The van der Waals surface area contributed by atoms with Crippen molar-refractivity contribution < 1.29 is 0 Å². The minimum atomic E-state index is -0.131. The largest absolute Gasteiger partial charge is 0.369 e. The van der Waals surface area contributed by atoms with Gasteiger partial charge < -0.3 is 22.9 Å². The Bertz CT molecular complexity index is 928. The molecule has 0 aliphatic heterocycles. The van der Waals surface area contributed by atoms with E-state index in [9.17, 15) is 0 Å². The summed E-state index contributed by atoms with van der Waals surface area (Å²) < 4.78 is 0. The molecule has 8 heteroatoms. The number of nitrogens with zero attached hydrogens (tertiary/aromatic N) is 4. The van der Waals surface area contributed by atoms with E-state index in [2.05, 4.69) is 39.5 Å². The summed E-state index contributed by atoms with van der Waals surface area (Å²) in [6, 6.07) is 10.2. The lowest BCUT2D eigenvalue weighted by Gasteiger charge is -2.08. The fourth-order valence-electron chi connectivity index (χ4n) is 2.87. The molecule has 3 rings (SSSR count). The Morgan fingerprint density at radius 1 is 0.917 bits per heavy atom. The summed E-state index contributed by atoms with van der Waals surface area (Å²) >= 11 is 0. The highest BCUT2D eigenvalue weighted by Gasteiger charge is 2.28. The number of aryl methyl sites for hydroxylation is 1. The summed E-state index contributed by atoms with van der Waals surface area (Å²) in [6.45, 7) is 2.07. The van der Waals surface area contributed by atoms with Gasteiger partial charge in [-0.15, -0.1) is 20.4 Å². The van der Waals surface area contributed by atoms with Crippen molar-refractivity contribution in [2.24, 2.45) is 43.3 Å². The topological polar surface area (TPSA) is 154 Å². The molecule has 1 aliphatic rings. The molecule has 0 atom stereocenters. The van der Waals surface area contributed by atoms with E-state index in [1.807, 2.05) is 18.2 Å². The summed E-state index contributed by atoms with van der Waals surface area (Å²) in [7, 11) is 0. The van der Waals surface area contributed by atoms with Gasteiger partial charge >= 0.3 is 0 Å². The molecule has 8 nitrogen and oxygen atoms in total. The van der Waals surface area contributed by atoms with Crippen LogP contribution in [-0.4, -0.2) is 23.3 Å². The molecule has 8 N–H and O–H groups in total. The summed E-state index contributed by atoms with van der Waals surface area (Å²) in [5.74, 6) is -0.255. The number of fused-ring (bicyclic) bond motifs is 3. The highest BCUT2D eigenvalue weighted by Crippen LogP contribution is 2.32. The van der Waals surface area contributed by atoms with E-state index in [1.54, 1.807) is 0 Å². The number of benzene rings is 2. The first kappa shape index (κ1) is 15.5. The predicted molar refractivity (Wildman–Crippen MR) is 98.0 cm³/mol. The molecule has 1 aliphatic carbocycles. The number of hydrogen-bond donors (Lipinski definition) is 4. The van der Waals surface area contributed by atoms with Gasteiger partial charge in [-0.3, -0.25) is 0 Å². The van der Waals surface area contributed by atoms with E-state index < -0.39 is 0 Å². The quantitative estimate of drug-likeness (QED) is 0.357. The molecule has 0 heterocycles. The van der Waals surface area contributed by atoms with E-state index in [0.717, 1.165) is 21.9 Å². The van der Waals surface area contributed by atoms with Crippen LogP contribution in [0.1, 0.15) is 16.7 Å². The third-order valence-corrected chi connectivity index (χ3v) is 3.75. The first-order valence-corrected chi connectivity index (χ1v) is 7.31. The SMILES string of the molecule is Cc1cc2c(c3ccccc13)C(=NN=C(N)N)C(=NN=C(N)N)C2. The van der Waals surface area contributed by atoms with Gasteiger partial charge in [-0.05, 0) is 28.8 Å². The monoisotopic (exact) mass is 322 g/mol. The maximum atomic E-state index is 5.41. The zero-order valence-electron chi connectivity index (χ0n) is 13.2. The number of hydrogen-bond acceptors (Lipinski definition) is 4. The van der Waals surface area contributed by atoms with Crippen molar-refractivity contribution in [2.45, 2.75) is 13.3 Å². The van der Waals surface area contributed by atoms with E-state index >= 15 is 0 Å². The van der Waals surface area contributed by atoms with Crippen molar-refractivity contribution in [3.8, 4) is 0 Å². The summed E-state index contributed by atoms with van der Waals surface area (Å²) in [4.78, 5) is 0. The maximum Gasteiger partial charge on any atom is 0.211 e. The third-order valence-electron chi connectivity index (χ3n) is 3.75. The first-order chi connectivity index (χ1) is 11.5. The second-order valence-corrected chi connectivity index (χ2v) is 5.49. The summed E-state index contributed by atoms with van der Waals surface area (Å²) in [5.41, 5.74) is 25.9. The predicted octanol–water partition coefficient (Wildman–Crippen LogP) is 0.311. The van der Waals surface area contributed by atoms with Gasteiger partial charge in [-0.2, -0.15) is 0 Å². The lowest BCUT2D eigenvalue weighted by atomic mass is 9.96. The van der Waals surface area contributed by atoms with Crippen LogP contribution in [0, 0.1) is 6.92 Å². The standard InChI is InChI=1S/C16H18N8/c1-8-6-9-7-12(21-23-15(17)18)14(22-24-16(19)20)13(9)11-5-3-2-4-10(8)11/h2-6H,7H2,1H3,(H4,17,18,23)(H4,19,20,24). The van der Waals surface area contributed by atoms with E-state index in [-0.39, 0.29) is 11.9 Å². The molecule has 2 aromatic carbocycles. The maximum absolute atomic E-state index is 5.41. The fourth-order valence-corrected chi connectivity index (χ4v) is 2.87. The zero-order valence-corrected chi connectivity index (χ0v) is 13.2. The molecule has 0 saturated carbocycles. The molecule has 0 fully saturated rings. The molecule has 2 aromatic rings. The van der Waals surface area contributed by atoms with Gasteiger partial charge in [0, 0.05) is 12.0 Å². The van der Waals surface area contributed by atoms with Gasteiger partial charge in [0.1, 0.15) is 5.71 Å². The van der Waals surface area contributed by atoms with Crippen LogP contribution in [0.15, 0.2) is 50.7 Å². The van der Waals surface area contributed by atoms with Gasteiger partial charge in [0.2, 0.25) is 11.9 Å². The van der Waals surface area contributed by atoms with Crippen LogP contribution >= 0.6 is 0 Å². The summed E-state index contributed by atoms with van der Waals surface area (Å²) in [6.07, 6.45) is 0.552. The molecule has 0 spiro atoms. The Morgan fingerprint density at radius 2 is 1.54 bits per heavy atom. The minimum Gasteiger partial charge on any atom is -0.369 e. The van der Waals surface area contributed by atoms with Gasteiger partial charge in [-0.25, -0.2) is 0 Å². The highest BCUT2D eigenvalue weighted by atomic mass is 15.3. The van der Waals surface area contributed by atoms with Gasteiger partial charge in [0.15, 0.2) is 0 Å².